The van der Waals surface area contributed by atoms with E-state index in [4.69, 9.17) is 10.3 Å². The Balaban J connectivity index is 2.04. The number of aromatic nitrogens is 2. The molecule has 0 spiro atoms. The maximum absolute atomic E-state index is 11.5. The molecule has 0 saturated heterocycles. The van der Waals surface area contributed by atoms with Gasteiger partial charge in [0.2, 0.25) is 0 Å². The molecule has 1 amide bonds. The summed E-state index contributed by atoms with van der Waals surface area (Å²) in [4.78, 5) is 29.9. The third-order valence-electron chi connectivity index (χ3n) is 2.68. The first-order chi connectivity index (χ1) is 10.1. The number of aryl methyl sites for hydroxylation is 1. The van der Waals surface area contributed by atoms with E-state index in [0.29, 0.717) is 22.2 Å². The molecule has 0 atom stereocenters. The molecule has 112 valence electrons. The summed E-state index contributed by atoms with van der Waals surface area (Å²) < 4.78 is 5.26. The van der Waals surface area contributed by atoms with Crippen LogP contribution in [0.4, 0.5) is 0 Å². The van der Waals surface area contributed by atoms with Crippen LogP contribution in [0.2, 0.25) is 0 Å². The van der Waals surface area contributed by atoms with Crippen molar-refractivity contribution >= 4 is 17.7 Å². The molecule has 0 radical (unpaired) electrons. The van der Waals surface area contributed by atoms with Gasteiger partial charge in [0, 0.05) is 11.8 Å². The van der Waals surface area contributed by atoms with E-state index in [-0.39, 0.29) is 5.56 Å². The van der Waals surface area contributed by atoms with Gasteiger partial charge in [0.05, 0.1) is 11.3 Å². The highest BCUT2D eigenvalue weighted by Gasteiger charge is 2.10. The van der Waals surface area contributed by atoms with E-state index in [9.17, 15) is 9.59 Å². The molecule has 8 heteroatoms. The molecule has 2 aromatic heterocycles. The van der Waals surface area contributed by atoms with E-state index < -0.39 is 5.91 Å². The predicted octanol–water partition coefficient (Wildman–Crippen LogP) is 1.21. The molecule has 21 heavy (non-hydrogen) atoms. The van der Waals surface area contributed by atoms with Gasteiger partial charge in [-0.25, -0.2) is 10.8 Å². The second kappa shape index (κ2) is 7.09. The highest BCUT2D eigenvalue weighted by Crippen LogP contribution is 2.20. The number of carbonyl (C=O) groups excluding carboxylic acids is 1. The molecule has 0 fully saturated rings. The van der Waals surface area contributed by atoms with Crippen molar-refractivity contribution in [1.29, 1.82) is 0 Å². The van der Waals surface area contributed by atoms with Gasteiger partial charge in [-0.1, -0.05) is 25.1 Å². The van der Waals surface area contributed by atoms with Gasteiger partial charge in [0.25, 0.3) is 11.5 Å². The Morgan fingerprint density at radius 3 is 3.05 bits per heavy atom. The minimum Gasteiger partial charge on any atom is -0.468 e. The minimum absolute atomic E-state index is 0.168. The summed E-state index contributed by atoms with van der Waals surface area (Å²) in [5.74, 6) is 5.69. The lowest BCUT2D eigenvalue weighted by atomic mass is 10.2. The number of nitrogens with zero attached hydrogens (tertiary/aromatic N) is 1. The second-order valence-electron chi connectivity index (χ2n) is 4.36. The Bertz CT molecular complexity index is 680. The third kappa shape index (κ3) is 4.20. The predicted molar refractivity (Wildman–Crippen MR) is 78.8 cm³/mol. The molecule has 7 nitrogen and oxygen atoms in total. The highest BCUT2D eigenvalue weighted by molar-refractivity contribution is 7.98. The summed E-state index contributed by atoms with van der Waals surface area (Å²) in [6.45, 7) is 2.03. The van der Waals surface area contributed by atoms with E-state index in [1.54, 1.807) is 6.07 Å². The number of hydrogen-bond donors (Lipinski definition) is 3. The van der Waals surface area contributed by atoms with Crippen LogP contribution >= 0.6 is 11.8 Å². The fraction of sp³-hybridized carbons (Fsp3) is 0.308. The molecule has 0 bridgehead atoms. The molecule has 0 aliphatic rings. The van der Waals surface area contributed by atoms with Gasteiger partial charge >= 0.3 is 0 Å². The van der Waals surface area contributed by atoms with Crippen molar-refractivity contribution in [1.82, 2.24) is 15.4 Å². The zero-order chi connectivity index (χ0) is 15.2. The molecule has 0 aliphatic heterocycles. The number of rotatable bonds is 6. The second-order valence-corrected chi connectivity index (χ2v) is 5.32. The number of nitrogens with two attached hydrogens (primary N) is 1. The standard InChI is InChI=1S/C13H16N4O3S/c1-2-3-9-5-11(18)16-13(15-9)21-7-10-4-8(6-20-10)12(19)17-14/h4-6H,2-3,7,14H2,1H3,(H,17,19)(H,15,16,18). The normalized spacial score (nSPS) is 10.6. The summed E-state index contributed by atoms with van der Waals surface area (Å²) in [7, 11) is 0. The van der Waals surface area contributed by atoms with Crippen LogP contribution in [-0.2, 0) is 12.2 Å². The lowest BCUT2D eigenvalue weighted by Crippen LogP contribution is -2.29. The van der Waals surface area contributed by atoms with Crippen molar-refractivity contribution in [2.45, 2.75) is 30.7 Å². The van der Waals surface area contributed by atoms with Gasteiger partial charge < -0.3 is 9.40 Å². The molecule has 2 aromatic rings. The summed E-state index contributed by atoms with van der Waals surface area (Å²) in [5.41, 5.74) is 2.99. The van der Waals surface area contributed by atoms with Gasteiger partial charge in [0.15, 0.2) is 5.16 Å². The van der Waals surface area contributed by atoms with Crippen LogP contribution < -0.4 is 16.8 Å². The topological polar surface area (TPSA) is 114 Å². The zero-order valence-corrected chi connectivity index (χ0v) is 12.3. The van der Waals surface area contributed by atoms with Crippen molar-refractivity contribution in [2.24, 2.45) is 5.84 Å². The van der Waals surface area contributed by atoms with Crippen molar-refractivity contribution in [3.63, 3.8) is 0 Å². The Kier molecular flexibility index (Phi) is 5.18. The van der Waals surface area contributed by atoms with Gasteiger partial charge in [-0.05, 0) is 12.5 Å². The van der Waals surface area contributed by atoms with E-state index >= 15 is 0 Å². The number of hydrazine groups is 1. The van der Waals surface area contributed by atoms with Crippen LogP contribution in [0.1, 0.15) is 35.2 Å². The number of thioether (sulfide) groups is 1. The number of aromatic amines is 1. The number of H-pyrrole nitrogens is 1. The molecule has 4 N–H and O–H groups in total. The van der Waals surface area contributed by atoms with Crippen LogP contribution in [0.15, 0.2) is 32.8 Å². The molecular formula is C13H16N4O3S. The average Bonchev–Trinajstić information content (AvgIpc) is 2.93. The van der Waals surface area contributed by atoms with Crippen molar-refractivity contribution in [3.8, 4) is 0 Å². The summed E-state index contributed by atoms with van der Waals surface area (Å²) in [5, 5.41) is 0.534. The van der Waals surface area contributed by atoms with Crippen molar-refractivity contribution in [2.75, 3.05) is 0 Å². The van der Waals surface area contributed by atoms with Crippen molar-refractivity contribution in [3.05, 3.63) is 45.8 Å². The Morgan fingerprint density at radius 1 is 1.52 bits per heavy atom. The molecule has 0 saturated carbocycles. The fourth-order valence-electron chi connectivity index (χ4n) is 1.73. The Morgan fingerprint density at radius 2 is 2.33 bits per heavy atom. The first-order valence-corrected chi connectivity index (χ1v) is 7.42. The van der Waals surface area contributed by atoms with Crippen LogP contribution in [0.5, 0.6) is 0 Å². The largest absolute Gasteiger partial charge is 0.468 e. The van der Waals surface area contributed by atoms with Gasteiger partial charge in [-0.2, -0.15) is 0 Å². The minimum atomic E-state index is -0.411. The monoisotopic (exact) mass is 308 g/mol. The number of hydrogen-bond acceptors (Lipinski definition) is 6. The quantitative estimate of drug-likeness (QED) is 0.243. The molecule has 0 unspecified atom stereocenters. The summed E-state index contributed by atoms with van der Waals surface area (Å²) in [6, 6.07) is 3.10. The fourth-order valence-corrected chi connectivity index (χ4v) is 2.52. The first-order valence-electron chi connectivity index (χ1n) is 6.43. The van der Waals surface area contributed by atoms with Crippen LogP contribution in [-0.4, -0.2) is 15.9 Å². The molecule has 0 aliphatic carbocycles. The molecule has 0 aromatic carbocycles. The van der Waals surface area contributed by atoms with Gasteiger partial charge in [-0.15, -0.1) is 0 Å². The summed E-state index contributed by atoms with van der Waals surface area (Å²) in [6.07, 6.45) is 3.02. The number of nitrogen functional groups attached to an aromatic ring is 1. The van der Waals surface area contributed by atoms with E-state index in [1.807, 2.05) is 12.3 Å². The van der Waals surface area contributed by atoms with Crippen LogP contribution in [0.25, 0.3) is 0 Å². The lowest BCUT2D eigenvalue weighted by Gasteiger charge is -2.01. The first kappa shape index (κ1) is 15.3. The molecular weight excluding hydrogens is 292 g/mol. The molecule has 2 heterocycles. The maximum Gasteiger partial charge on any atom is 0.268 e. The number of amides is 1. The SMILES string of the molecule is CCCc1cc(=O)[nH]c(SCc2cc(C(=O)NN)co2)n1. The third-order valence-corrected chi connectivity index (χ3v) is 3.57. The maximum atomic E-state index is 11.5. The number of nitrogens with one attached hydrogen (secondary N) is 2. The summed E-state index contributed by atoms with van der Waals surface area (Å²) >= 11 is 1.34. The number of carbonyl (C=O) groups is 1. The number of furan rings is 1. The zero-order valence-electron chi connectivity index (χ0n) is 11.5. The smallest absolute Gasteiger partial charge is 0.268 e. The lowest BCUT2D eigenvalue weighted by molar-refractivity contribution is 0.0953. The average molecular weight is 308 g/mol. The van der Waals surface area contributed by atoms with Gasteiger partial charge in [0.1, 0.15) is 12.0 Å². The van der Waals surface area contributed by atoms with Gasteiger partial charge in [-0.3, -0.25) is 15.0 Å². The van der Waals surface area contributed by atoms with E-state index in [0.717, 1.165) is 18.5 Å². The van der Waals surface area contributed by atoms with Crippen LogP contribution in [0, 0.1) is 0 Å². The molecule has 2 rings (SSSR count). The highest BCUT2D eigenvalue weighted by atomic mass is 32.2. The van der Waals surface area contributed by atoms with E-state index in [2.05, 4.69) is 9.97 Å². The van der Waals surface area contributed by atoms with Crippen molar-refractivity contribution < 1.29 is 9.21 Å². The Labute approximate surface area is 125 Å². The van der Waals surface area contributed by atoms with E-state index in [1.165, 1.54) is 24.1 Å². The van der Waals surface area contributed by atoms with Crippen LogP contribution in [0.3, 0.4) is 0 Å². The Hall–Kier alpha value is -2.06.